The van der Waals surface area contributed by atoms with Crippen molar-refractivity contribution in [3.05, 3.63) is 102 Å². The standard InChI is InChI=1S/C31H35N3O7/c1-2-39-27(17-8-9-18-28(36)33-26-16-7-6-15-25(26)32)29(23-13-10-14-24(21-23)40-20-19-35)41-31(38)34-30(37)22-11-4-3-5-12-22/h3-7,9-16,18,21,27,29,35H,2,8,17,19-20,32H2,1H3,(H,33,36)(H,34,37,38)/b18-9+/t27-,29-/m0/s1. The van der Waals surface area contributed by atoms with Gasteiger partial charge in [-0.3, -0.25) is 14.9 Å². The highest BCUT2D eigenvalue weighted by atomic mass is 16.6. The fourth-order valence-electron chi connectivity index (χ4n) is 3.97. The first-order valence-electron chi connectivity index (χ1n) is 13.3. The van der Waals surface area contributed by atoms with Gasteiger partial charge >= 0.3 is 6.09 Å². The Morgan fingerprint density at radius 2 is 1.76 bits per heavy atom. The highest BCUT2D eigenvalue weighted by Gasteiger charge is 2.28. The summed E-state index contributed by atoms with van der Waals surface area (Å²) in [4.78, 5) is 37.7. The maximum absolute atomic E-state index is 12.8. The van der Waals surface area contributed by atoms with E-state index in [9.17, 15) is 14.4 Å². The fourth-order valence-corrected chi connectivity index (χ4v) is 3.97. The van der Waals surface area contributed by atoms with Crippen molar-refractivity contribution in [2.24, 2.45) is 0 Å². The van der Waals surface area contributed by atoms with Crippen LogP contribution in [0.15, 0.2) is 91.0 Å². The number of carbonyl (C=O) groups is 3. The van der Waals surface area contributed by atoms with Crippen LogP contribution in [0.3, 0.4) is 0 Å². The van der Waals surface area contributed by atoms with Gasteiger partial charge < -0.3 is 30.4 Å². The Balaban J connectivity index is 1.74. The number of nitrogen functional groups attached to an aromatic ring is 1. The summed E-state index contributed by atoms with van der Waals surface area (Å²) in [6, 6.07) is 22.1. The number of carbonyl (C=O) groups excluding carboxylic acids is 3. The van der Waals surface area contributed by atoms with Gasteiger partial charge in [-0.2, -0.15) is 0 Å². The zero-order valence-corrected chi connectivity index (χ0v) is 22.8. The molecule has 0 unspecified atom stereocenters. The molecule has 10 nitrogen and oxygen atoms in total. The van der Waals surface area contributed by atoms with Crippen LogP contribution in [0.5, 0.6) is 5.75 Å². The minimum Gasteiger partial charge on any atom is -0.491 e. The number of amides is 3. The van der Waals surface area contributed by atoms with Crippen LogP contribution in [-0.4, -0.2) is 48.9 Å². The van der Waals surface area contributed by atoms with E-state index in [-0.39, 0.29) is 19.1 Å². The molecule has 3 rings (SSSR count). The summed E-state index contributed by atoms with van der Waals surface area (Å²) in [6.45, 7) is 2.08. The normalized spacial score (nSPS) is 12.3. The van der Waals surface area contributed by atoms with Crippen LogP contribution in [0, 0.1) is 0 Å². The number of allylic oxidation sites excluding steroid dienone is 1. The average Bonchev–Trinajstić information content (AvgIpc) is 2.98. The zero-order valence-electron chi connectivity index (χ0n) is 22.8. The molecule has 0 aliphatic heterocycles. The molecule has 0 spiro atoms. The fraction of sp³-hybridized carbons (Fsp3) is 0.258. The molecule has 0 radical (unpaired) electrons. The van der Waals surface area contributed by atoms with E-state index in [1.165, 1.54) is 6.08 Å². The van der Waals surface area contributed by atoms with Gasteiger partial charge in [-0.25, -0.2) is 4.79 Å². The first-order chi connectivity index (χ1) is 19.9. The summed E-state index contributed by atoms with van der Waals surface area (Å²) in [6.07, 6.45) is 1.43. The number of hydrogen-bond donors (Lipinski definition) is 4. The van der Waals surface area contributed by atoms with E-state index in [1.807, 2.05) is 6.92 Å². The highest BCUT2D eigenvalue weighted by Crippen LogP contribution is 2.30. The molecular weight excluding hydrogens is 526 g/mol. The first-order valence-corrected chi connectivity index (χ1v) is 13.3. The molecule has 3 aromatic rings. The Labute approximate surface area is 239 Å². The molecule has 3 amide bonds. The van der Waals surface area contributed by atoms with E-state index < -0.39 is 24.2 Å². The van der Waals surface area contributed by atoms with Gasteiger partial charge in [0.2, 0.25) is 5.91 Å². The summed E-state index contributed by atoms with van der Waals surface area (Å²) in [5.41, 5.74) is 7.74. The second kappa shape index (κ2) is 16.4. The number of aliphatic hydroxyl groups excluding tert-OH is 1. The van der Waals surface area contributed by atoms with Gasteiger partial charge in [0, 0.05) is 12.2 Å². The predicted molar refractivity (Wildman–Crippen MR) is 155 cm³/mol. The Hall–Kier alpha value is -4.67. The van der Waals surface area contributed by atoms with Crippen LogP contribution in [0.2, 0.25) is 0 Å². The van der Waals surface area contributed by atoms with Crippen LogP contribution in [0.1, 0.15) is 41.8 Å². The summed E-state index contributed by atoms with van der Waals surface area (Å²) < 4.78 is 17.3. The van der Waals surface area contributed by atoms with Gasteiger partial charge in [-0.15, -0.1) is 0 Å². The lowest BCUT2D eigenvalue weighted by molar-refractivity contribution is -0.111. The van der Waals surface area contributed by atoms with E-state index >= 15 is 0 Å². The summed E-state index contributed by atoms with van der Waals surface area (Å²) >= 11 is 0. The maximum Gasteiger partial charge on any atom is 0.414 e. The number of rotatable bonds is 14. The molecule has 0 saturated heterocycles. The topological polar surface area (TPSA) is 149 Å². The Morgan fingerprint density at radius 3 is 2.49 bits per heavy atom. The number of para-hydroxylation sites is 2. The van der Waals surface area contributed by atoms with Gasteiger partial charge in [0.05, 0.1) is 24.1 Å². The Morgan fingerprint density at radius 1 is 1.00 bits per heavy atom. The smallest absolute Gasteiger partial charge is 0.414 e. The van der Waals surface area contributed by atoms with Gasteiger partial charge in [0.1, 0.15) is 12.4 Å². The zero-order chi connectivity index (χ0) is 29.5. The molecule has 0 saturated carbocycles. The molecule has 0 aromatic heterocycles. The van der Waals surface area contributed by atoms with Crippen LogP contribution in [0.4, 0.5) is 16.2 Å². The SMILES string of the molecule is CCO[C@@H](CC/C=C/C(=O)Nc1ccccc1N)[C@@H](OC(=O)NC(=O)c1ccccc1)c1cccc(OCCO)c1. The molecule has 216 valence electrons. The number of aliphatic hydroxyl groups is 1. The molecule has 0 aliphatic carbocycles. The van der Waals surface area contributed by atoms with Crippen LogP contribution in [-0.2, 0) is 14.3 Å². The lowest BCUT2D eigenvalue weighted by atomic mass is 10.00. The largest absolute Gasteiger partial charge is 0.491 e. The van der Waals surface area contributed by atoms with E-state index in [0.29, 0.717) is 47.7 Å². The minimum atomic E-state index is -0.939. The minimum absolute atomic E-state index is 0.0947. The molecule has 41 heavy (non-hydrogen) atoms. The highest BCUT2D eigenvalue weighted by molar-refractivity contribution is 6.03. The van der Waals surface area contributed by atoms with Gasteiger partial charge in [0.25, 0.3) is 5.91 Å². The van der Waals surface area contributed by atoms with Crippen molar-refractivity contribution >= 4 is 29.3 Å². The number of hydrogen-bond acceptors (Lipinski definition) is 8. The number of nitrogens with two attached hydrogens (primary N) is 1. The second-order valence-corrected chi connectivity index (χ2v) is 8.84. The van der Waals surface area contributed by atoms with Crippen molar-refractivity contribution in [2.75, 3.05) is 30.9 Å². The van der Waals surface area contributed by atoms with Crippen LogP contribution in [0.25, 0.3) is 0 Å². The maximum atomic E-state index is 12.8. The number of anilines is 2. The third-order valence-electron chi connectivity index (χ3n) is 5.86. The molecule has 5 N–H and O–H groups in total. The molecule has 0 fully saturated rings. The first kappa shape index (κ1) is 30.9. The quantitative estimate of drug-likeness (QED) is 0.164. The van der Waals surface area contributed by atoms with Crippen LogP contribution < -0.4 is 21.1 Å². The number of alkyl carbamates (subject to hydrolysis) is 1. The molecule has 0 bridgehead atoms. The number of ether oxygens (including phenoxy) is 3. The Kier molecular flexibility index (Phi) is 12.4. The van der Waals surface area contributed by atoms with E-state index in [1.54, 1.807) is 84.9 Å². The average molecular weight is 562 g/mol. The molecule has 3 aromatic carbocycles. The summed E-state index contributed by atoms with van der Waals surface area (Å²) in [7, 11) is 0. The van der Waals surface area contributed by atoms with Crippen molar-refractivity contribution in [1.82, 2.24) is 5.32 Å². The van der Waals surface area contributed by atoms with Crippen LogP contribution >= 0.6 is 0 Å². The molecule has 0 aliphatic rings. The molecule has 2 atom stereocenters. The van der Waals surface area contributed by atoms with Crippen molar-refractivity contribution in [3.63, 3.8) is 0 Å². The van der Waals surface area contributed by atoms with Gasteiger partial charge in [-0.1, -0.05) is 48.5 Å². The van der Waals surface area contributed by atoms with Gasteiger partial charge in [0.15, 0.2) is 6.10 Å². The number of imide groups is 1. The molecule has 10 heteroatoms. The molecule has 0 heterocycles. The van der Waals surface area contributed by atoms with E-state index in [0.717, 1.165) is 0 Å². The third-order valence-corrected chi connectivity index (χ3v) is 5.86. The second-order valence-electron chi connectivity index (χ2n) is 8.84. The van der Waals surface area contributed by atoms with E-state index in [2.05, 4.69) is 10.6 Å². The number of benzene rings is 3. The van der Waals surface area contributed by atoms with Crippen molar-refractivity contribution in [3.8, 4) is 5.75 Å². The molecular formula is C31H35N3O7. The third kappa shape index (κ3) is 10.1. The predicted octanol–water partition coefficient (Wildman–Crippen LogP) is 4.63. The summed E-state index contributed by atoms with van der Waals surface area (Å²) in [5, 5.41) is 14.1. The lowest BCUT2D eigenvalue weighted by Crippen LogP contribution is -2.35. The van der Waals surface area contributed by atoms with E-state index in [4.69, 9.17) is 25.1 Å². The summed E-state index contributed by atoms with van der Waals surface area (Å²) in [5.74, 6) is -0.468. The lowest BCUT2D eigenvalue weighted by Gasteiger charge is -2.27. The van der Waals surface area contributed by atoms with Crippen molar-refractivity contribution < 1.29 is 33.7 Å². The monoisotopic (exact) mass is 561 g/mol. The Bertz CT molecular complexity index is 1310. The van der Waals surface area contributed by atoms with Crippen molar-refractivity contribution in [1.29, 1.82) is 0 Å². The van der Waals surface area contributed by atoms with Gasteiger partial charge in [-0.05, 0) is 67.8 Å². The number of nitrogens with one attached hydrogen (secondary N) is 2. The van der Waals surface area contributed by atoms with Crippen molar-refractivity contribution in [2.45, 2.75) is 32.0 Å².